The molecule has 1 heterocycles. The summed E-state index contributed by atoms with van der Waals surface area (Å²) in [5.41, 5.74) is 0.584. The van der Waals surface area contributed by atoms with E-state index in [2.05, 4.69) is 10.1 Å². The zero-order valence-corrected chi connectivity index (χ0v) is 13.5. The van der Waals surface area contributed by atoms with E-state index >= 15 is 0 Å². The highest BCUT2D eigenvalue weighted by Crippen LogP contribution is 2.40. The smallest absolute Gasteiger partial charge is 0.212 e. The Labute approximate surface area is 147 Å². The largest absolute Gasteiger partial charge is 0.360 e. The van der Waals surface area contributed by atoms with Gasteiger partial charge in [0.2, 0.25) is 5.16 Å². The molecule has 0 N–H and O–H groups in total. The van der Waals surface area contributed by atoms with E-state index in [9.17, 15) is 26.3 Å². The zero-order valence-electron chi connectivity index (χ0n) is 12.7. The maximum Gasteiger partial charge on any atom is 0.360 e. The van der Waals surface area contributed by atoms with Crippen LogP contribution in [-0.4, -0.2) is 26.4 Å². The molecule has 0 aliphatic heterocycles. The molecule has 2 aromatic carbocycles. The van der Waals surface area contributed by atoms with Crippen molar-refractivity contribution >= 4 is 11.8 Å². The van der Waals surface area contributed by atoms with E-state index in [1.54, 1.807) is 0 Å². The van der Waals surface area contributed by atoms with Crippen LogP contribution in [0.4, 0.5) is 26.3 Å². The van der Waals surface area contributed by atoms with Gasteiger partial charge in [-0.15, -0.1) is 5.10 Å². The first-order chi connectivity index (χ1) is 12.3. The summed E-state index contributed by atoms with van der Waals surface area (Å²) in [5, 5.41) is -1.16. The Balaban J connectivity index is 2.08. The molecule has 0 amide bonds. The van der Waals surface area contributed by atoms with Crippen LogP contribution < -0.4 is 0 Å². The molecule has 0 fully saturated rings. The van der Waals surface area contributed by atoms with Gasteiger partial charge in [-0.3, -0.25) is 0 Å². The van der Waals surface area contributed by atoms with Gasteiger partial charge < -0.3 is 0 Å². The Morgan fingerprint density at radius 1 is 0.885 bits per heavy atom. The highest BCUT2D eigenvalue weighted by molar-refractivity contribution is 8.00. The van der Waals surface area contributed by atoms with Crippen LogP contribution in [0.15, 0.2) is 53.7 Å². The van der Waals surface area contributed by atoms with E-state index in [-0.39, 0.29) is 11.5 Å². The maximum atomic E-state index is 13.3. The molecule has 0 aliphatic carbocycles. The minimum atomic E-state index is -4.38. The van der Waals surface area contributed by atoms with Crippen LogP contribution in [0.1, 0.15) is 0 Å². The SMILES string of the molecule is Fc1ccc(-c2nc(SC(F)(F)C(F)F)nn2-c2ccc(F)cc2)cc1. The van der Waals surface area contributed by atoms with Gasteiger partial charge in [0.05, 0.1) is 5.69 Å². The van der Waals surface area contributed by atoms with Gasteiger partial charge >= 0.3 is 11.7 Å². The van der Waals surface area contributed by atoms with Gasteiger partial charge in [-0.05, 0) is 60.3 Å². The van der Waals surface area contributed by atoms with Crippen molar-refractivity contribution in [1.82, 2.24) is 14.8 Å². The van der Waals surface area contributed by atoms with Crippen molar-refractivity contribution in [3.05, 3.63) is 60.2 Å². The Kier molecular flexibility index (Phi) is 4.94. The average Bonchev–Trinajstić information content (AvgIpc) is 2.99. The first-order valence-electron chi connectivity index (χ1n) is 7.10. The molecule has 3 aromatic rings. The summed E-state index contributed by atoms with van der Waals surface area (Å²) in [7, 11) is 0. The first kappa shape index (κ1) is 18.3. The van der Waals surface area contributed by atoms with Crippen LogP contribution in [0.5, 0.6) is 0 Å². The van der Waals surface area contributed by atoms with E-state index in [0.29, 0.717) is 5.56 Å². The molecule has 0 saturated heterocycles. The van der Waals surface area contributed by atoms with Crippen molar-refractivity contribution in [2.24, 2.45) is 0 Å². The molecular formula is C16H9F6N3S. The second-order valence-corrected chi connectivity index (χ2v) is 6.19. The standard InChI is InChI=1S/C16H9F6N3S/c17-10-3-1-9(2-4-10)13-23-15(26-16(21,22)14(19)20)24-25(13)12-7-5-11(18)6-8-12/h1-8,14H. The predicted molar refractivity (Wildman–Crippen MR) is 83.5 cm³/mol. The lowest BCUT2D eigenvalue weighted by atomic mass is 10.2. The summed E-state index contributed by atoms with van der Waals surface area (Å²) >= 11 is -0.490. The lowest BCUT2D eigenvalue weighted by Gasteiger charge is -2.11. The fourth-order valence-corrected chi connectivity index (χ4v) is 2.64. The number of aromatic nitrogens is 3. The molecule has 0 spiro atoms. The lowest BCUT2D eigenvalue weighted by molar-refractivity contribution is -0.0565. The summed E-state index contributed by atoms with van der Waals surface area (Å²) in [5.74, 6) is -1.04. The molecule has 0 aliphatic rings. The second-order valence-electron chi connectivity index (χ2n) is 5.08. The van der Waals surface area contributed by atoms with Gasteiger partial charge in [-0.1, -0.05) is 0 Å². The molecule has 0 atom stereocenters. The Hall–Kier alpha value is -2.49. The van der Waals surface area contributed by atoms with Crippen LogP contribution in [0.2, 0.25) is 0 Å². The molecule has 0 unspecified atom stereocenters. The quantitative estimate of drug-likeness (QED) is 0.446. The number of hydrogen-bond acceptors (Lipinski definition) is 3. The summed E-state index contributed by atoms with van der Waals surface area (Å²) < 4.78 is 78.8. The van der Waals surface area contributed by atoms with Gasteiger partial charge in [-0.25, -0.2) is 27.2 Å². The lowest BCUT2D eigenvalue weighted by Crippen LogP contribution is -2.21. The summed E-state index contributed by atoms with van der Waals surface area (Å²) in [6.07, 6.45) is -3.90. The molecule has 26 heavy (non-hydrogen) atoms. The number of benzene rings is 2. The fourth-order valence-electron chi connectivity index (χ4n) is 2.05. The third kappa shape index (κ3) is 3.85. The Morgan fingerprint density at radius 3 is 1.96 bits per heavy atom. The number of nitrogens with zero attached hydrogens (tertiary/aromatic N) is 3. The number of hydrogen-bond donors (Lipinski definition) is 0. The second kappa shape index (κ2) is 7.02. The van der Waals surface area contributed by atoms with E-state index in [1.807, 2.05) is 0 Å². The fraction of sp³-hybridized carbons (Fsp3) is 0.125. The number of thioether (sulfide) groups is 1. The van der Waals surface area contributed by atoms with Crippen LogP contribution in [0.3, 0.4) is 0 Å². The van der Waals surface area contributed by atoms with Gasteiger partial charge in [-0.2, -0.15) is 8.78 Å². The molecule has 10 heteroatoms. The number of halogens is 6. The van der Waals surface area contributed by atoms with Crippen molar-refractivity contribution in [3.8, 4) is 17.1 Å². The highest BCUT2D eigenvalue weighted by Gasteiger charge is 2.43. The summed E-state index contributed by atoms with van der Waals surface area (Å²) in [6, 6.07) is 9.78. The topological polar surface area (TPSA) is 30.7 Å². The van der Waals surface area contributed by atoms with E-state index in [4.69, 9.17) is 0 Å². The third-order valence-electron chi connectivity index (χ3n) is 3.24. The van der Waals surface area contributed by atoms with Crippen LogP contribution >= 0.6 is 11.8 Å². The monoisotopic (exact) mass is 389 g/mol. The zero-order chi connectivity index (χ0) is 18.9. The minimum absolute atomic E-state index is 0.0178. The third-order valence-corrected chi connectivity index (χ3v) is 4.05. The van der Waals surface area contributed by atoms with Crippen molar-refractivity contribution in [1.29, 1.82) is 0 Å². The van der Waals surface area contributed by atoms with Crippen LogP contribution in [-0.2, 0) is 0 Å². The van der Waals surface area contributed by atoms with Gasteiger partial charge in [0.1, 0.15) is 11.6 Å². The molecule has 0 radical (unpaired) electrons. The van der Waals surface area contributed by atoms with Crippen LogP contribution in [0.25, 0.3) is 17.1 Å². The van der Waals surface area contributed by atoms with Crippen LogP contribution in [0, 0.1) is 11.6 Å². The van der Waals surface area contributed by atoms with Crippen molar-refractivity contribution < 1.29 is 26.3 Å². The van der Waals surface area contributed by atoms with Crippen molar-refractivity contribution in [2.45, 2.75) is 16.8 Å². The minimum Gasteiger partial charge on any atom is -0.212 e. The molecule has 1 aromatic heterocycles. The van der Waals surface area contributed by atoms with Gasteiger partial charge in [0.15, 0.2) is 5.82 Å². The van der Waals surface area contributed by atoms with Gasteiger partial charge in [0.25, 0.3) is 0 Å². The average molecular weight is 389 g/mol. The normalized spacial score (nSPS) is 12.0. The maximum absolute atomic E-state index is 13.3. The Bertz CT molecular complexity index is 830. The molecule has 3 rings (SSSR count). The van der Waals surface area contributed by atoms with E-state index in [0.717, 1.165) is 28.9 Å². The van der Waals surface area contributed by atoms with Crippen molar-refractivity contribution in [3.63, 3.8) is 0 Å². The molecule has 0 saturated carbocycles. The summed E-state index contributed by atoms with van der Waals surface area (Å²) in [4.78, 5) is 3.86. The molecular weight excluding hydrogens is 380 g/mol. The number of alkyl halides is 4. The van der Waals surface area contributed by atoms with E-state index in [1.165, 1.54) is 24.3 Å². The van der Waals surface area contributed by atoms with Gasteiger partial charge in [0, 0.05) is 5.56 Å². The predicted octanol–water partition coefficient (Wildman–Crippen LogP) is 5.16. The molecule has 3 nitrogen and oxygen atoms in total. The first-order valence-corrected chi connectivity index (χ1v) is 7.92. The number of rotatable bonds is 5. The Morgan fingerprint density at radius 2 is 1.42 bits per heavy atom. The van der Waals surface area contributed by atoms with E-state index < -0.39 is 40.2 Å². The highest BCUT2D eigenvalue weighted by atomic mass is 32.2. The molecule has 136 valence electrons. The molecule has 0 bridgehead atoms. The van der Waals surface area contributed by atoms with Crippen molar-refractivity contribution in [2.75, 3.05) is 0 Å². The summed E-state index contributed by atoms with van der Waals surface area (Å²) in [6.45, 7) is 0.